The average Bonchev–Trinajstić information content (AvgIpc) is 2.97. The molecular formula is C21H19ClN2O3. The number of para-hydroxylation sites is 1. The molecule has 6 heteroatoms. The second-order valence-corrected chi connectivity index (χ2v) is 7.34. The summed E-state index contributed by atoms with van der Waals surface area (Å²) in [4.78, 5) is 25.6. The molecule has 5 nitrogen and oxygen atoms in total. The van der Waals surface area contributed by atoms with Crippen LogP contribution in [0.4, 0.5) is 0 Å². The molecule has 2 N–H and O–H groups in total. The maximum absolute atomic E-state index is 12.9. The Kier molecular flexibility index (Phi) is 4.40. The molecule has 3 aromatic rings. The molecule has 0 bridgehead atoms. The SMILES string of the molecule is CC1Cc2cccc3c(O)c(C(=O)NCCc4cccc(Cl)c4)c(=O)n1c23. The minimum atomic E-state index is -0.560. The molecule has 2 heterocycles. The summed E-state index contributed by atoms with van der Waals surface area (Å²) in [5.74, 6) is -0.808. The molecule has 4 rings (SSSR count). The quantitative estimate of drug-likeness (QED) is 0.726. The zero-order valence-electron chi connectivity index (χ0n) is 14.8. The van der Waals surface area contributed by atoms with E-state index in [0.29, 0.717) is 29.8 Å². The van der Waals surface area contributed by atoms with Crippen LogP contribution in [0.1, 0.15) is 34.5 Å². The highest BCUT2D eigenvalue weighted by Gasteiger charge is 2.29. The molecule has 0 fully saturated rings. The second-order valence-electron chi connectivity index (χ2n) is 6.90. The van der Waals surface area contributed by atoms with Gasteiger partial charge in [-0.15, -0.1) is 0 Å². The number of nitrogens with one attached hydrogen (secondary N) is 1. The Balaban J connectivity index is 1.64. The molecule has 138 valence electrons. The predicted molar refractivity (Wildman–Crippen MR) is 106 cm³/mol. The molecular weight excluding hydrogens is 364 g/mol. The van der Waals surface area contributed by atoms with Crippen LogP contribution < -0.4 is 10.9 Å². The van der Waals surface area contributed by atoms with Crippen LogP contribution in [0.2, 0.25) is 5.02 Å². The zero-order chi connectivity index (χ0) is 19.1. The first-order chi connectivity index (χ1) is 13.0. The van der Waals surface area contributed by atoms with Gasteiger partial charge in [-0.1, -0.05) is 35.9 Å². The van der Waals surface area contributed by atoms with Gasteiger partial charge in [-0.25, -0.2) is 0 Å². The summed E-state index contributed by atoms with van der Waals surface area (Å²) in [6, 6.07) is 12.9. The Morgan fingerprint density at radius 3 is 2.85 bits per heavy atom. The lowest BCUT2D eigenvalue weighted by Gasteiger charge is -2.14. The number of rotatable bonds is 4. The third-order valence-corrected chi connectivity index (χ3v) is 5.29. The van der Waals surface area contributed by atoms with E-state index in [-0.39, 0.29) is 17.4 Å². The standard InChI is InChI=1S/C21H19ClN2O3/c1-12-10-14-5-3-7-16-18(14)24(12)21(27)17(19(16)25)20(26)23-9-8-13-4-2-6-15(22)11-13/h2-7,11-12,25H,8-10H2,1H3,(H,23,26). The maximum atomic E-state index is 12.9. The molecule has 0 saturated carbocycles. The van der Waals surface area contributed by atoms with Crippen LogP contribution in [0.15, 0.2) is 47.3 Å². The monoisotopic (exact) mass is 382 g/mol. The van der Waals surface area contributed by atoms with Gasteiger partial charge in [0.05, 0.1) is 5.52 Å². The normalized spacial score (nSPS) is 15.3. The van der Waals surface area contributed by atoms with Gasteiger partial charge in [0, 0.05) is 23.0 Å². The van der Waals surface area contributed by atoms with Gasteiger partial charge < -0.3 is 15.0 Å². The number of hydrogen-bond donors (Lipinski definition) is 2. The van der Waals surface area contributed by atoms with Gasteiger partial charge >= 0.3 is 0 Å². The summed E-state index contributed by atoms with van der Waals surface area (Å²) in [6.45, 7) is 2.28. The first kappa shape index (κ1) is 17.6. The summed E-state index contributed by atoms with van der Waals surface area (Å²) < 4.78 is 1.62. The smallest absolute Gasteiger partial charge is 0.267 e. The van der Waals surface area contributed by atoms with Crippen molar-refractivity contribution in [2.75, 3.05) is 6.54 Å². The number of nitrogens with zero attached hydrogens (tertiary/aromatic N) is 1. The van der Waals surface area contributed by atoms with Crippen molar-refractivity contribution in [3.8, 4) is 5.75 Å². The van der Waals surface area contributed by atoms with Crippen molar-refractivity contribution in [2.45, 2.75) is 25.8 Å². The number of aromatic hydroxyl groups is 1. The number of benzene rings is 2. The first-order valence-electron chi connectivity index (χ1n) is 8.89. The molecule has 27 heavy (non-hydrogen) atoms. The molecule has 1 atom stereocenters. The van der Waals surface area contributed by atoms with Crippen LogP contribution in [0, 0.1) is 0 Å². The average molecular weight is 383 g/mol. The fourth-order valence-corrected chi connectivity index (χ4v) is 4.04. The third kappa shape index (κ3) is 2.98. The number of carbonyl (C=O) groups excluding carboxylic acids is 1. The van der Waals surface area contributed by atoms with Crippen LogP contribution >= 0.6 is 11.6 Å². The largest absolute Gasteiger partial charge is 0.506 e. The molecule has 2 aromatic carbocycles. The minimum absolute atomic E-state index is 0.0454. The summed E-state index contributed by atoms with van der Waals surface area (Å²) in [5.41, 5.74) is 2.08. The lowest BCUT2D eigenvalue weighted by atomic mass is 10.1. The Hall–Kier alpha value is -2.79. The zero-order valence-corrected chi connectivity index (χ0v) is 15.6. The van der Waals surface area contributed by atoms with E-state index in [1.807, 2.05) is 37.3 Å². The van der Waals surface area contributed by atoms with E-state index in [1.54, 1.807) is 16.7 Å². The van der Waals surface area contributed by atoms with Crippen LogP contribution in [-0.4, -0.2) is 22.1 Å². The highest BCUT2D eigenvalue weighted by molar-refractivity contribution is 6.30. The minimum Gasteiger partial charge on any atom is -0.506 e. The summed E-state index contributed by atoms with van der Waals surface area (Å²) >= 11 is 5.97. The fourth-order valence-electron chi connectivity index (χ4n) is 3.83. The summed E-state index contributed by atoms with van der Waals surface area (Å²) in [7, 11) is 0. The van der Waals surface area contributed by atoms with Gasteiger partial charge in [-0.2, -0.15) is 0 Å². The van der Waals surface area contributed by atoms with Crippen LogP contribution in [0.3, 0.4) is 0 Å². The number of carbonyl (C=O) groups is 1. The summed E-state index contributed by atoms with van der Waals surface area (Å²) in [6.07, 6.45) is 1.29. The van der Waals surface area contributed by atoms with E-state index in [9.17, 15) is 14.7 Å². The first-order valence-corrected chi connectivity index (χ1v) is 9.27. The third-order valence-electron chi connectivity index (χ3n) is 5.06. The van der Waals surface area contributed by atoms with E-state index in [0.717, 1.165) is 16.6 Å². The molecule has 1 aliphatic rings. The van der Waals surface area contributed by atoms with Gasteiger partial charge in [0.2, 0.25) is 0 Å². The molecule has 1 unspecified atom stereocenters. The number of aromatic nitrogens is 1. The molecule has 1 amide bonds. The fraction of sp³-hybridized carbons (Fsp3) is 0.238. The molecule has 0 saturated heterocycles. The van der Waals surface area contributed by atoms with E-state index in [1.165, 1.54) is 0 Å². The molecule has 1 aliphatic heterocycles. The Morgan fingerprint density at radius 2 is 2.07 bits per heavy atom. The van der Waals surface area contributed by atoms with Crippen molar-refractivity contribution in [2.24, 2.45) is 0 Å². The maximum Gasteiger partial charge on any atom is 0.267 e. The summed E-state index contributed by atoms with van der Waals surface area (Å²) in [5, 5.41) is 14.5. The van der Waals surface area contributed by atoms with Crippen molar-refractivity contribution >= 4 is 28.4 Å². The van der Waals surface area contributed by atoms with Crippen molar-refractivity contribution in [1.29, 1.82) is 0 Å². The lowest BCUT2D eigenvalue weighted by molar-refractivity contribution is 0.0949. The highest BCUT2D eigenvalue weighted by atomic mass is 35.5. The number of hydrogen-bond acceptors (Lipinski definition) is 3. The van der Waals surface area contributed by atoms with Crippen LogP contribution in [0.25, 0.3) is 10.9 Å². The van der Waals surface area contributed by atoms with Crippen molar-refractivity contribution < 1.29 is 9.90 Å². The molecule has 0 aliphatic carbocycles. The second kappa shape index (κ2) is 6.74. The van der Waals surface area contributed by atoms with E-state index < -0.39 is 11.5 Å². The Labute approximate surface area is 161 Å². The van der Waals surface area contributed by atoms with Crippen molar-refractivity contribution in [3.05, 3.63) is 74.5 Å². The van der Waals surface area contributed by atoms with Crippen molar-refractivity contribution in [1.82, 2.24) is 9.88 Å². The van der Waals surface area contributed by atoms with E-state index >= 15 is 0 Å². The lowest BCUT2D eigenvalue weighted by Crippen LogP contribution is -2.34. The van der Waals surface area contributed by atoms with Gasteiger partial charge in [-0.05, 0) is 49.1 Å². The van der Waals surface area contributed by atoms with Crippen LogP contribution in [0.5, 0.6) is 5.75 Å². The van der Waals surface area contributed by atoms with Gasteiger partial charge in [0.15, 0.2) is 0 Å². The van der Waals surface area contributed by atoms with Gasteiger partial charge in [-0.3, -0.25) is 9.59 Å². The van der Waals surface area contributed by atoms with E-state index in [4.69, 9.17) is 11.6 Å². The molecule has 1 aromatic heterocycles. The highest BCUT2D eigenvalue weighted by Crippen LogP contribution is 2.35. The Bertz CT molecular complexity index is 1120. The predicted octanol–water partition coefficient (Wildman–Crippen LogP) is 3.45. The van der Waals surface area contributed by atoms with Crippen LogP contribution in [-0.2, 0) is 12.8 Å². The molecule has 0 spiro atoms. The Morgan fingerprint density at radius 1 is 1.30 bits per heavy atom. The van der Waals surface area contributed by atoms with Gasteiger partial charge in [0.1, 0.15) is 11.3 Å². The van der Waals surface area contributed by atoms with Gasteiger partial charge in [0.25, 0.3) is 11.5 Å². The topological polar surface area (TPSA) is 71.3 Å². The van der Waals surface area contributed by atoms with Crippen molar-refractivity contribution in [3.63, 3.8) is 0 Å². The number of pyridine rings is 1. The number of amides is 1. The van der Waals surface area contributed by atoms with E-state index in [2.05, 4.69) is 5.32 Å². The number of halogens is 1. The molecule has 0 radical (unpaired) electrons.